The van der Waals surface area contributed by atoms with Crippen molar-refractivity contribution in [3.05, 3.63) is 95.5 Å². The lowest BCUT2D eigenvalue weighted by atomic mass is 10.1. The number of nitrogens with two attached hydrogens (primary N) is 2. The highest BCUT2D eigenvalue weighted by Gasteiger charge is 2.17. The smallest absolute Gasteiger partial charge is 0.293 e. The average Bonchev–Trinajstić information content (AvgIpc) is 3.53. The maximum Gasteiger partial charge on any atom is 0.293 e. The van der Waals surface area contributed by atoms with E-state index in [0.717, 1.165) is 24.3 Å². The number of hydrogen-bond acceptors (Lipinski definition) is 6. The molecule has 10 nitrogen and oxygen atoms in total. The summed E-state index contributed by atoms with van der Waals surface area (Å²) in [7, 11) is 0. The number of amides is 2. The van der Waals surface area contributed by atoms with Crippen LogP contribution in [0.1, 0.15) is 21.1 Å². The van der Waals surface area contributed by atoms with Crippen molar-refractivity contribution in [3.63, 3.8) is 0 Å². The fourth-order valence-corrected chi connectivity index (χ4v) is 3.12. The zero-order valence-corrected chi connectivity index (χ0v) is 19.0. The van der Waals surface area contributed by atoms with Gasteiger partial charge in [0.25, 0.3) is 11.8 Å². The summed E-state index contributed by atoms with van der Waals surface area (Å²) in [5, 5.41) is 11.2. The molecule has 14 heteroatoms. The Morgan fingerprint density at radius 1 is 0.658 bits per heavy atom. The summed E-state index contributed by atoms with van der Waals surface area (Å²) in [6.45, 7) is 0. The van der Waals surface area contributed by atoms with E-state index in [1.54, 1.807) is 0 Å². The first-order valence-electron chi connectivity index (χ1n) is 10.5. The van der Waals surface area contributed by atoms with Gasteiger partial charge in [0.05, 0.1) is 5.56 Å². The molecule has 4 rings (SSSR count). The highest BCUT2D eigenvalue weighted by molar-refractivity contribution is 6.05. The minimum atomic E-state index is -0.882. The lowest BCUT2D eigenvalue weighted by Gasteiger charge is -2.03. The van der Waals surface area contributed by atoms with Crippen molar-refractivity contribution < 1.29 is 36.0 Å². The first-order valence-corrected chi connectivity index (χ1v) is 10.5. The maximum absolute atomic E-state index is 13.9. The maximum atomic E-state index is 13.9. The first-order chi connectivity index (χ1) is 18.1. The number of carbonyl (C=O) groups excluding carboxylic acids is 2. The molecular formula is C24H16F4N6O4. The fraction of sp³-hybridized carbons (Fsp3) is 0. The minimum Gasteiger partial charge on any atom is -0.451 e. The third-order valence-corrected chi connectivity index (χ3v) is 4.75. The van der Waals surface area contributed by atoms with Gasteiger partial charge in [-0.2, -0.15) is 0 Å². The predicted octanol–water partition coefficient (Wildman–Crippen LogP) is 3.47. The number of carbonyl (C=O) groups is 2. The van der Waals surface area contributed by atoms with Crippen molar-refractivity contribution >= 4 is 23.7 Å². The molecule has 0 saturated heterocycles. The second-order valence-corrected chi connectivity index (χ2v) is 7.49. The lowest BCUT2D eigenvalue weighted by Crippen LogP contribution is -2.38. The fourth-order valence-electron chi connectivity index (χ4n) is 3.12. The number of halogens is 4. The minimum absolute atomic E-state index is 0.0253. The van der Waals surface area contributed by atoms with Gasteiger partial charge in [-0.1, -0.05) is 0 Å². The van der Waals surface area contributed by atoms with E-state index >= 15 is 0 Å². The quantitative estimate of drug-likeness (QED) is 0.134. The van der Waals surface area contributed by atoms with Crippen LogP contribution in [0.15, 0.2) is 79.7 Å². The van der Waals surface area contributed by atoms with E-state index in [1.165, 1.54) is 24.3 Å². The topological polar surface area (TPSA) is 161 Å². The van der Waals surface area contributed by atoms with Crippen LogP contribution in [-0.2, 0) is 0 Å². The Balaban J connectivity index is 1.36. The molecule has 0 bridgehead atoms. The number of nitrogens with zero attached hydrogens (tertiary/aromatic N) is 2. The van der Waals surface area contributed by atoms with Crippen LogP contribution in [0.25, 0.3) is 22.6 Å². The zero-order chi connectivity index (χ0) is 27.4. The molecule has 38 heavy (non-hydrogen) atoms. The van der Waals surface area contributed by atoms with E-state index in [2.05, 4.69) is 20.8 Å². The summed E-state index contributed by atoms with van der Waals surface area (Å²) in [6.07, 6.45) is 0. The molecule has 2 heterocycles. The van der Waals surface area contributed by atoms with Crippen LogP contribution in [0.5, 0.6) is 0 Å². The van der Waals surface area contributed by atoms with Crippen LogP contribution in [-0.4, -0.2) is 23.7 Å². The van der Waals surface area contributed by atoms with Gasteiger partial charge in [0.1, 0.15) is 34.8 Å². The predicted molar refractivity (Wildman–Crippen MR) is 126 cm³/mol. The van der Waals surface area contributed by atoms with Crippen molar-refractivity contribution in [2.24, 2.45) is 21.7 Å². The van der Waals surface area contributed by atoms with Gasteiger partial charge < -0.3 is 20.3 Å². The second-order valence-electron chi connectivity index (χ2n) is 7.49. The molecule has 2 aromatic carbocycles. The number of rotatable bonds is 5. The molecule has 0 unspecified atom stereocenters. The van der Waals surface area contributed by atoms with Crippen molar-refractivity contribution in [2.45, 2.75) is 0 Å². The molecule has 2 amide bonds. The number of guanidine groups is 2. The monoisotopic (exact) mass is 528 g/mol. The van der Waals surface area contributed by atoms with Crippen LogP contribution in [0.2, 0.25) is 0 Å². The largest absolute Gasteiger partial charge is 0.451 e. The van der Waals surface area contributed by atoms with E-state index in [1.807, 2.05) is 0 Å². The highest BCUT2D eigenvalue weighted by atomic mass is 19.1. The van der Waals surface area contributed by atoms with E-state index < -0.39 is 47.0 Å². The molecule has 0 saturated carbocycles. The van der Waals surface area contributed by atoms with Gasteiger partial charge in [-0.15, -0.1) is 10.2 Å². The van der Waals surface area contributed by atoms with E-state index in [9.17, 15) is 27.2 Å². The molecule has 4 aromatic rings. The average molecular weight is 528 g/mol. The molecule has 0 atom stereocenters. The molecule has 194 valence electrons. The molecule has 0 aliphatic heterocycles. The van der Waals surface area contributed by atoms with Gasteiger partial charge in [0, 0.05) is 17.7 Å². The second kappa shape index (κ2) is 10.7. The third-order valence-electron chi connectivity index (χ3n) is 4.75. The van der Waals surface area contributed by atoms with E-state index in [0.29, 0.717) is 12.1 Å². The van der Waals surface area contributed by atoms with Gasteiger partial charge >= 0.3 is 0 Å². The van der Waals surface area contributed by atoms with E-state index in [4.69, 9.17) is 20.3 Å². The zero-order valence-electron chi connectivity index (χ0n) is 19.0. The summed E-state index contributed by atoms with van der Waals surface area (Å²) < 4.78 is 64.4. The molecule has 0 aliphatic carbocycles. The Bertz CT molecular complexity index is 1570. The Hall–Kier alpha value is -5.40. The Morgan fingerprint density at radius 2 is 1.18 bits per heavy atom. The van der Waals surface area contributed by atoms with Crippen molar-refractivity contribution in [3.8, 4) is 22.6 Å². The molecule has 0 aliphatic rings. The number of nitrogens with one attached hydrogen (secondary N) is 2. The normalized spacial score (nSPS) is 11.9. The van der Waals surface area contributed by atoms with Crippen molar-refractivity contribution in [1.82, 2.24) is 10.6 Å². The van der Waals surface area contributed by atoms with Crippen LogP contribution >= 0.6 is 0 Å². The van der Waals surface area contributed by atoms with Gasteiger partial charge in [-0.3, -0.25) is 20.2 Å². The molecule has 0 spiro atoms. The highest BCUT2D eigenvalue weighted by Crippen LogP contribution is 2.26. The lowest BCUT2D eigenvalue weighted by molar-refractivity contribution is 0.0942. The summed E-state index contributed by atoms with van der Waals surface area (Å²) in [6, 6.07) is 10.7. The van der Waals surface area contributed by atoms with Crippen LogP contribution in [0.3, 0.4) is 0 Å². The molecule has 0 radical (unpaired) electrons. The van der Waals surface area contributed by atoms with Gasteiger partial charge in [-0.25, -0.2) is 17.6 Å². The molecular weight excluding hydrogens is 512 g/mol. The number of hydrogen-bond donors (Lipinski definition) is 4. The third kappa shape index (κ3) is 6.04. The molecule has 6 N–H and O–H groups in total. The van der Waals surface area contributed by atoms with Crippen molar-refractivity contribution in [2.75, 3.05) is 0 Å². The van der Waals surface area contributed by atoms with Crippen molar-refractivity contribution in [1.29, 1.82) is 0 Å². The van der Waals surface area contributed by atoms with Crippen LogP contribution < -0.4 is 22.1 Å². The number of furan rings is 2. The van der Waals surface area contributed by atoms with Gasteiger partial charge in [-0.05, 0) is 48.5 Å². The van der Waals surface area contributed by atoms with Crippen LogP contribution in [0, 0.1) is 23.3 Å². The molecule has 2 aromatic heterocycles. The van der Waals surface area contributed by atoms with E-state index in [-0.39, 0.29) is 34.2 Å². The molecule has 0 fully saturated rings. The van der Waals surface area contributed by atoms with Crippen LogP contribution in [0.4, 0.5) is 17.6 Å². The van der Waals surface area contributed by atoms with Gasteiger partial charge in [0.15, 0.2) is 11.5 Å². The Kier molecular flexibility index (Phi) is 7.23. The summed E-state index contributed by atoms with van der Waals surface area (Å²) >= 11 is 0. The SMILES string of the molecule is NC(=NN=C(N)NC(=O)c1ccc(-c2ccc(F)cc2F)o1)NC(=O)c1ccc(-c2cc(F)cc(F)c2)o1. The Morgan fingerprint density at radius 3 is 1.74 bits per heavy atom. The first kappa shape index (κ1) is 25.7. The Labute approximate surface area is 210 Å². The summed E-state index contributed by atoms with van der Waals surface area (Å²) in [5.74, 6) is -6.62. The summed E-state index contributed by atoms with van der Waals surface area (Å²) in [4.78, 5) is 24.6. The number of benzene rings is 2. The van der Waals surface area contributed by atoms with Gasteiger partial charge in [0.2, 0.25) is 11.9 Å². The summed E-state index contributed by atoms with van der Waals surface area (Å²) in [5.41, 5.74) is 11.2. The standard InChI is InChI=1S/C24H16F4N6O4/c25-12-1-2-15(16(28)10-12)18-4-6-20(38-18)22(36)32-24(30)34-33-23(29)31-21(35)19-5-3-17(37-19)11-7-13(26)9-14(27)8-11/h1-10H,(H3,29,31,33,35)(H3,30,32,34,36).